The van der Waals surface area contributed by atoms with Crippen molar-refractivity contribution in [1.29, 1.82) is 0 Å². The third-order valence-corrected chi connectivity index (χ3v) is 5.20. The van der Waals surface area contributed by atoms with Crippen molar-refractivity contribution in [1.82, 2.24) is 14.7 Å². The summed E-state index contributed by atoms with van der Waals surface area (Å²) in [6.45, 7) is 5.74. The maximum Gasteiger partial charge on any atom is 0.150 e. The molecule has 2 aliphatic rings. The standard InChI is InChI=1S/C19H26N4O2/c24-18-15-22(8-6-17(18)21-10-12-25-13-11-21)19-7-9-23(20-19)14-16-4-2-1-3-5-16/h1-5,7,9,17-18,24H,6,8,10-15H2/t17-,18-/m1/s1. The zero-order valence-electron chi connectivity index (χ0n) is 14.5. The van der Waals surface area contributed by atoms with Crippen molar-refractivity contribution in [3.8, 4) is 0 Å². The molecule has 0 aliphatic carbocycles. The number of rotatable bonds is 4. The lowest BCUT2D eigenvalue weighted by Crippen LogP contribution is -2.56. The van der Waals surface area contributed by atoms with Gasteiger partial charge in [-0.3, -0.25) is 9.58 Å². The van der Waals surface area contributed by atoms with E-state index in [-0.39, 0.29) is 12.1 Å². The third kappa shape index (κ3) is 3.86. The van der Waals surface area contributed by atoms with E-state index in [0.29, 0.717) is 6.54 Å². The summed E-state index contributed by atoms with van der Waals surface area (Å²) in [4.78, 5) is 4.57. The molecule has 0 unspecified atom stereocenters. The van der Waals surface area contributed by atoms with Crippen LogP contribution in [0, 0.1) is 0 Å². The molecule has 2 fully saturated rings. The number of hydrogen-bond donors (Lipinski definition) is 1. The third-order valence-electron chi connectivity index (χ3n) is 5.20. The average Bonchev–Trinajstić information content (AvgIpc) is 3.12. The Morgan fingerprint density at radius 1 is 1.08 bits per heavy atom. The Morgan fingerprint density at radius 2 is 1.88 bits per heavy atom. The summed E-state index contributed by atoms with van der Waals surface area (Å²) in [7, 11) is 0. The molecule has 1 aromatic heterocycles. The SMILES string of the molecule is O[C@@H]1CN(c2ccn(Cc3ccccc3)n2)CC[C@H]1N1CCOCC1. The molecule has 6 nitrogen and oxygen atoms in total. The molecule has 0 amide bonds. The highest BCUT2D eigenvalue weighted by Gasteiger charge is 2.33. The van der Waals surface area contributed by atoms with Gasteiger partial charge in [-0.1, -0.05) is 30.3 Å². The molecule has 0 radical (unpaired) electrons. The summed E-state index contributed by atoms with van der Waals surface area (Å²) >= 11 is 0. The van der Waals surface area contributed by atoms with Gasteiger partial charge in [-0.25, -0.2) is 0 Å². The molecule has 2 saturated heterocycles. The normalized spacial score (nSPS) is 25.2. The largest absolute Gasteiger partial charge is 0.390 e. The number of morpholine rings is 1. The predicted octanol–water partition coefficient (Wildman–Crippen LogP) is 1.20. The second-order valence-corrected chi connectivity index (χ2v) is 6.87. The Morgan fingerprint density at radius 3 is 2.64 bits per heavy atom. The van der Waals surface area contributed by atoms with E-state index >= 15 is 0 Å². The van der Waals surface area contributed by atoms with Crippen LogP contribution in [-0.4, -0.2) is 71.3 Å². The second kappa shape index (κ2) is 7.56. The first-order valence-electron chi connectivity index (χ1n) is 9.12. The maximum absolute atomic E-state index is 10.6. The monoisotopic (exact) mass is 342 g/mol. The smallest absolute Gasteiger partial charge is 0.150 e. The van der Waals surface area contributed by atoms with E-state index in [1.807, 2.05) is 35.1 Å². The van der Waals surface area contributed by atoms with E-state index in [1.54, 1.807) is 0 Å². The summed E-state index contributed by atoms with van der Waals surface area (Å²) in [5.74, 6) is 0.954. The minimum atomic E-state index is -0.342. The van der Waals surface area contributed by atoms with Gasteiger partial charge in [0.1, 0.15) is 0 Å². The van der Waals surface area contributed by atoms with E-state index in [0.717, 1.165) is 51.6 Å². The molecule has 25 heavy (non-hydrogen) atoms. The van der Waals surface area contributed by atoms with E-state index in [9.17, 15) is 5.11 Å². The van der Waals surface area contributed by atoms with Gasteiger partial charge in [0.2, 0.25) is 0 Å². The first kappa shape index (κ1) is 16.6. The van der Waals surface area contributed by atoms with Crippen LogP contribution in [0.25, 0.3) is 0 Å². The number of aromatic nitrogens is 2. The fourth-order valence-electron chi connectivity index (χ4n) is 3.84. The molecule has 6 heteroatoms. The number of nitrogens with zero attached hydrogens (tertiary/aromatic N) is 4. The molecule has 0 bridgehead atoms. The number of benzene rings is 1. The second-order valence-electron chi connectivity index (χ2n) is 6.87. The lowest BCUT2D eigenvalue weighted by Gasteiger charge is -2.43. The topological polar surface area (TPSA) is 53.8 Å². The highest BCUT2D eigenvalue weighted by molar-refractivity contribution is 5.38. The van der Waals surface area contributed by atoms with Crippen LogP contribution in [0.2, 0.25) is 0 Å². The lowest BCUT2D eigenvalue weighted by molar-refractivity contribution is -0.0274. The van der Waals surface area contributed by atoms with Crippen molar-refractivity contribution in [3.05, 3.63) is 48.2 Å². The van der Waals surface area contributed by atoms with Crippen LogP contribution in [0.1, 0.15) is 12.0 Å². The Labute approximate surface area is 148 Å². The van der Waals surface area contributed by atoms with Crippen molar-refractivity contribution in [3.63, 3.8) is 0 Å². The minimum Gasteiger partial charge on any atom is -0.390 e. The van der Waals surface area contributed by atoms with Gasteiger partial charge in [-0.05, 0) is 12.0 Å². The van der Waals surface area contributed by atoms with Gasteiger partial charge >= 0.3 is 0 Å². The lowest BCUT2D eigenvalue weighted by atomic mass is 9.99. The Bertz CT molecular complexity index is 669. The van der Waals surface area contributed by atoms with Crippen LogP contribution in [0.15, 0.2) is 42.6 Å². The first-order chi connectivity index (χ1) is 12.3. The van der Waals surface area contributed by atoms with Gasteiger partial charge in [-0.2, -0.15) is 5.10 Å². The summed E-state index contributed by atoms with van der Waals surface area (Å²) < 4.78 is 7.38. The number of β-amino-alcohol motifs (C(OH)–C–C–N with tert-alkyl or cyclic N) is 1. The molecule has 2 aliphatic heterocycles. The van der Waals surface area contributed by atoms with E-state index in [1.165, 1.54) is 5.56 Å². The molecule has 1 N–H and O–H groups in total. The number of hydrogen-bond acceptors (Lipinski definition) is 5. The van der Waals surface area contributed by atoms with Crippen molar-refractivity contribution in [2.75, 3.05) is 44.3 Å². The maximum atomic E-state index is 10.6. The zero-order valence-corrected chi connectivity index (χ0v) is 14.5. The fourth-order valence-corrected chi connectivity index (χ4v) is 3.84. The van der Waals surface area contributed by atoms with Gasteiger partial charge in [0.05, 0.1) is 25.9 Å². The molecule has 2 atom stereocenters. The zero-order chi connectivity index (χ0) is 17.1. The Hall–Kier alpha value is -1.89. The molecular formula is C19H26N4O2. The van der Waals surface area contributed by atoms with Gasteiger partial charge in [0.15, 0.2) is 5.82 Å². The van der Waals surface area contributed by atoms with Crippen LogP contribution >= 0.6 is 0 Å². The Kier molecular flexibility index (Phi) is 5.01. The average molecular weight is 342 g/mol. The summed E-state index contributed by atoms with van der Waals surface area (Å²) in [6.07, 6.45) is 2.64. The van der Waals surface area contributed by atoms with Crippen molar-refractivity contribution in [2.45, 2.75) is 25.1 Å². The van der Waals surface area contributed by atoms with Crippen LogP contribution in [-0.2, 0) is 11.3 Å². The highest BCUT2D eigenvalue weighted by atomic mass is 16.5. The number of ether oxygens (including phenoxy) is 1. The van der Waals surface area contributed by atoms with E-state index < -0.39 is 0 Å². The molecule has 2 aromatic rings. The molecule has 134 valence electrons. The highest BCUT2D eigenvalue weighted by Crippen LogP contribution is 2.22. The first-order valence-corrected chi connectivity index (χ1v) is 9.12. The molecule has 4 rings (SSSR count). The Balaban J connectivity index is 1.37. The van der Waals surface area contributed by atoms with Gasteiger partial charge in [0.25, 0.3) is 0 Å². The van der Waals surface area contributed by atoms with Gasteiger partial charge < -0.3 is 14.7 Å². The number of anilines is 1. The summed E-state index contributed by atoms with van der Waals surface area (Å²) in [6, 6.07) is 12.6. The van der Waals surface area contributed by atoms with Gasteiger partial charge in [-0.15, -0.1) is 0 Å². The van der Waals surface area contributed by atoms with Crippen LogP contribution < -0.4 is 4.90 Å². The van der Waals surface area contributed by atoms with Gasteiger partial charge in [0, 0.05) is 44.5 Å². The molecule has 1 aromatic carbocycles. The van der Waals surface area contributed by atoms with E-state index in [4.69, 9.17) is 9.84 Å². The van der Waals surface area contributed by atoms with Crippen LogP contribution in [0.5, 0.6) is 0 Å². The fraction of sp³-hybridized carbons (Fsp3) is 0.526. The molecule has 0 spiro atoms. The van der Waals surface area contributed by atoms with Crippen molar-refractivity contribution in [2.24, 2.45) is 0 Å². The van der Waals surface area contributed by atoms with Crippen LogP contribution in [0.4, 0.5) is 5.82 Å². The minimum absolute atomic E-state index is 0.242. The number of aliphatic hydroxyl groups is 1. The molecule has 3 heterocycles. The quantitative estimate of drug-likeness (QED) is 0.905. The summed E-state index contributed by atoms with van der Waals surface area (Å²) in [5, 5.41) is 15.3. The number of piperidine rings is 1. The number of aliphatic hydroxyl groups excluding tert-OH is 1. The molecular weight excluding hydrogens is 316 g/mol. The summed E-state index contributed by atoms with van der Waals surface area (Å²) in [5.41, 5.74) is 1.24. The van der Waals surface area contributed by atoms with Crippen molar-refractivity contribution < 1.29 is 9.84 Å². The van der Waals surface area contributed by atoms with Crippen molar-refractivity contribution >= 4 is 5.82 Å². The predicted molar refractivity (Wildman–Crippen MR) is 96.8 cm³/mol. The van der Waals surface area contributed by atoms with E-state index in [2.05, 4.69) is 21.9 Å². The van der Waals surface area contributed by atoms with Crippen LogP contribution in [0.3, 0.4) is 0 Å². The molecule has 0 saturated carbocycles.